The van der Waals surface area contributed by atoms with Crippen LogP contribution in [0.4, 0.5) is 5.69 Å². The van der Waals surface area contributed by atoms with Crippen LogP contribution in [-0.2, 0) is 4.79 Å². The average Bonchev–Trinajstić information content (AvgIpc) is 2.66. The van der Waals surface area contributed by atoms with Crippen molar-refractivity contribution in [1.82, 2.24) is 5.32 Å². The summed E-state index contributed by atoms with van der Waals surface area (Å²) in [5, 5.41) is 3.16. The van der Waals surface area contributed by atoms with Crippen LogP contribution in [-0.4, -0.2) is 50.5 Å². The number of unbranched alkanes of at least 4 members (excludes halogenated alkanes) is 3. The van der Waals surface area contributed by atoms with Gasteiger partial charge in [0.25, 0.3) is 5.91 Å². The third-order valence-electron chi connectivity index (χ3n) is 5.42. The highest BCUT2D eigenvalue weighted by molar-refractivity contribution is 5.94. The number of Topliss-reactive ketones (excluding diaryl/α,β-unsaturated/α-hetero) is 1. The molecular formula is C22H36N3O2+. The van der Waals surface area contributed by atoms with Crippen LogP contribution in [0, 0.1) is 0 Å². The number of carbonyl (C=O) groups excluding carboxylic acids is 2. The molecule has 1 amide bonds. The van der Waals surface area contributed by atoms with Gasteiger partial charge in [0, 0.05) is 17.3 Å². The first kappa shape index (κ1) is 21.4. The van der Waals surface area contributed by atoms with Crippen molar-refractivity contribution in [2.75, 3.05) is 37.6 Å². The quantitative estimate of drug-likeness (QED) is 0.487. The van der Waals surface area contributed by atoms with Crippen molar-refractivity contribution in [3.8, 4) is 0 Å². The van der Waals surface area contributed by atoms with E-state index in [4.69, 9.17) is 0 Å². The fourth-order valence-electron chi connectivity index (χ4n) is 3.67. The van der Waals surface area contributed by atoms with Gasteiger partial charge in [-0.3, -0.25) is 9.59 Å². The minimum absolute atomic E-state index is 0.0985. The summed E-state index contributed by atoms with van der Waals surface area (Å²) < 4.78 is 0. The molecule has 0 radical (unpaired) electrons. The molecule has 1 atom stereocenters. The summed E-state index contributed by atoms with van der Waals surface area (Å²) in [5.41, 5.74) is 1.91. The van der Waals surface area contributed by atoms with E-state index in [0.717, 1.165) is 43.9 Å². The largest absolute Gasteiger partial charge is 0.360 e. The molecule has 0 aliphatic carbocycles. The molecule has 2 rings (SSSR count). The Balaban J connectivity index is 1.69. The van der Waals surface area contributed by atoms with E-state index in [1.807, 2.05) is 24.3 Å². The Labute approximate surface area is 164 Å². The van der Waals surface area contributed by atoms with Gasteiger partial charge in [-0.2, -0.15) is 0 Å². The van der Waals surface area contributed by atoms with Crippen LogP contribution in [0.2, 0.25) is 0 Å². The van der Waals surface area contributed by atoms with E-state index in [2.05, 4.69) is 24.1 Å². The predicted molar refractivity (Wildman–Crippen MR) is 111 cm³/mol. The molecule has 1 aromatic rings. The smallest absolute Gasteiger partial charge is 0.275 e. The van der Waals surface area contributed by atoms with Crippen LogP contribution in [0.5, 0.6) is 0 Å². The first-order chi connectivity index (χ1) is 13.0. The summed E-state index contributed by atoms with van der Waals surface area (Å²) in [5.74, 6) is 0.272. The van der Waals surface area contributed by atoms with Gasteiger partial charge in [-0.1, -0.05) is 32.6 Å². The normalized spacial score (nSPS) is 16.2. The second-order valence-electron chi connectivity index (χ2n) is 7.83. The maximum Gasteiger partial charge on any atom is 0.275 e. The molecule has 1 aliphatic rings. The second-order valence-corrected chi connectivity index (χ2v) is 7.83. The van der Waals surface area contributed by atoms with Crippen molar-refractivity contribution in [1.29, 1.82) is 0 Å². The van der Waals surface area contributed by atoms with Gasteiger partial charge >= 0.3 is 0 Å². The molecule has 1 fully saturated rings. The van der Waals surface area contributed by atoms with Gasteiger partial charge in [0.05, 0.1) is 26.2 Å². The lowest BCUT2D eigenvalue weighted by atomic mass is 10.1. The molecule has 0 unspecified atom stereocenters. The molecular weight excluding hydrogens is 338 g/mol. The summed E-state index contributed by atoms with van der Waals surface area (Å²) in [6, 6.07) is 8.11. The van der Waals surface area contributed by atoms with Gasteiger partial charge in [0.2, 0.25) is 0 Å². The van der Waals surface area contributed by atoms with Gasteiger partial charge in [-0.15, -0.1) is 0 Å². The number of amides is 1. The lowest BCUT2D eigenvalue weighted by Gasteiger charge is -2.33. The Morgan fingerprint density at radius 3 is 2.37 bits per heavy atom. The van der Waals surface area contributed by atoms with E-state index >= 15 is 0 Å². The minimum atomic E-state index is 0.0985. The van der Waals surface area contributed by atoms with Crippen LogP contribution < -0.4 is 15.1 Å². The van der Waals surface area contributed by atoms with E-state index in [1.54, 1.807) is 6.92 Å². The van der Waals surface area contributed by atoms with Crippen LogP contribution in [0.3, 0.4) is 0 Å². The summed E-state index contributed by atoms with van der Waals surface area (Å²) in [7, 11) is 0. The first-order valence-electron chi connectivity index (χ1n) is 10.5. The Hall–Kier alpha value is -1.88. The molecule has 1 aromatic carbocycles. The van der Waals surface area contributed by atoms with Crippen LogP contribution >= 0.6 is 0 Å². The number of piperazine rings is 1. The van der Waals surface area contributed by atoms with Crippen LogP contribution in [0.15, 0.2) is 24.3 Å². The van der Waals surface area contributed by atoms with E-state index in [1.165, 1.54) is 30.6 Å². The van der Waals surface area contributed by atoms with Crippen molar-refractivity contribution in [2.45, 2.75) is 58.9 Å². The molecule has 5 heteroatoms. The molecule has 0 aromatic heterocycles. The number of quaternary nitrogens is 1. The summed E-state index contributed by atoms with van der Waals surface area (Å²) in [4.78, 5) is 27.4. The van der Waals surface area contributed by atoms with Gasteiger partial charge in [0.15, 0.2) is 12.3 Å². The molecule has 0 saturated carbocycles. The average molecular weight is 375 g/mol. The number of ketones is 1. The van der Waals surface area contributed by atoms with Crippen molar-refractivity contribution in [3.63, 3.8) is 0 Å². The van der Waals surface area contributed by atoms with E-state index in [-0.39, 0.29) is 17.7 Å². The zero-order chi connectivity index (χ0) is 19.6. The number of anilines is 1. The van der Waals surface area contributed by atoms with Crippen molar-refractivity contribution in [3.05, 3.63) is 29.8 Å². The molecule has 5 nitrogen and oxygen atoms in total. The zero-order valence-corrected chi connectivity index (χ0v) is 17.2. The van der Waals surface area contributed by atoms with Crippen molar-refractivity contribution < 1.29 is 14.5 Å². The fraction of sp³-hybridized carbons (Fsp3) is 0.636. The first-order valence-corrected chi connectivity index (χ1v) is 10.5. The summed E-state index contributed by atoms with van der Waals surface area (Å²) >= 11 is 0. The Morgan fingerprint density at radius 1 is 1.11 bits per heavy atom. The third-order valence-corrected chi connectivity index (χ3v) is 5.42. The standard InChI is InChI=1S/C22H35N3O2/c1-4-5-6-7-8-18(2)23-22(27)17-24-13-15-25(16-14-24)21-11-9-20(10-12-21)19(3)26/h9-12,18H,4-8,13-17H2,1-3H3,(H,23,27)/p+1/t18-/m0/s1. The number of hydrogen-bond donors (Lipinski definition) is 2. The van der Waals surface area contributed by atoms with Gasteiger partial charge in [-0.25, -0.2) is 0 Å². The highest BCUT2D eigenvalue weighted by Gasteiger charge is 2.23. The lowest BCUT2D eigenvalue weighted by Crippen LogP contribution is -3.16. The number of nitrogens with one attached hydrogen (secondary N) is 2. The van der Waals surface area contributed by atoms with Crippen LogP contribution in [0.25, 0.3) is 0 Å². The molecule has 1 saturated heterocycles. The SMILES string of the molecule is CCCCCC[C@H](C)NC(=O)C[NH+]1CCN(c2ccc(C(C)=O)cc2)CC1. The number of nitrogens with zero attached hydrogens (tertiary/aromatic N) is 1. The molecule has 27 heavy (non-hydrogen) atoms. The molecule has 0 spiro atoms. The van der Waals surface area contributed by atoms with Crippen molar-refractivity contribution >= 4 is 17.4 Å². The minimum Gasteiger partial charge on any atom is -0.360 e. The summed E-state index contributed by atoms with van der Waals surface area (Å²) in [6.07, 6.45) is 6.06. The molecule has 2 N–H and O–H groups in total. The van der Waals surface area contributed by atoms with E-state index in [9.17, 15) is 9.59 Å². The zero-order valence-electron chi connectivity index (χ0n) is 17.2. The number of rotatable bonds is 10. The fourth-order valence-corrected chi connectivity index (χ4v) is 3.67. The summed E-state index contributed by atoms with van der Waals surface area (Å²) in [6.45, 7) is 10.3. The lowest BCUT2D eigenvalue weighted by molar-refractivity contribution is -0.892. The molecule has 0 bridgehead atoms. The number of benzene rings is 1. The van der Waals surface area contributed by atoms with Gasteiger partial charge in [0.1, 0.15) is 0 Å². The maximum atomic E-state index is 12.3. The van der Waals surface area contributed by atoms with E-state index < -0.39 is 0 Å². The monoisotopic (exact) mass is 374 g/mol. The molecule has 150 valence electrons. The Bertz CT molecular complexity index is 592. The van der Waals surface area contributed by atoms with Crippen LogP contribution in [0.1, 0.15) is 63.2 Å². The highest BCUT2D eigenvalue weighted by Crippen LogP contribution is 2.15. The van der Waals surface area contributed by atoms with Gasteiger partial charge < -0.3 is 15.1 Å². The van der Waals surface area contributed by atoms with E-state index in [0.29, 0.717) is 6.54 Å². The highest BCUT2D eigenvalue weighted by atomic mass is 16.2. The number of carbonyl (C=O) groups is 2. The topological polar surface area (TPSA) is 53.9 Å². The molecule has 1 heterocycles. The Kier molecular flexibility index (Phi) is 8.79. The predicted octanol–water partition coefficient (Wildman–Crippen LogP) is 2.07. The second kappa shape index (κ2) is 11.1. The maximum absolute atomic E-state index is 12.3. The third kappa shape index (κ3) is 7.33. The Morgan fingerprint density at radius 2 is 1.78 bits per heavy atom. The molecule has 1 aliphatic heterocycles. The number of hydrogen-bond acceptors (Lipinski definition) is 3. The van der Waals surface area contributed by atoms with Gasteiger partial charge in [-0.05, 0) is 44.5 Å². The van der Waals surface area contributed by atoms with Crippen molar-refractivity contribution in [2.24, 2.45) is 0 Å².